The van der Waals surface area contributed by atoms with E-state index in [-0.39, 0.29) is 18.1 Å². The van der Waals surface area contributed by atoms with Gasteiger partial charge in [0, 0.05) is 18.1 Å². The van der Waals surface area contributed by atoms with Crippen LogP contribution in [0.5, 0.6) is 0 Å². The van der Waals surface area contributed by atoms with Gasteiger partial charge in [0.25, 0.3) is 0 Å². The van der Waals surface area contributed by atoms with E-state index in [1.807, 2.05) is 19.9 Å². The Morgan fingerprint density at radius 3 is 2.73 bits per heavy atom. The van der Waals surface area contributed by atoms with Crippen molar-refractivity contribution in [1.82, 2.24) is 0 Å². The maximum atomic E-state index is 9.21. The van der Waals surface area contributed by atoms with Crippen LogP contribution >= 0.6 is 0 Å². The second kappa shape index (κ2) is 4.43. The molecule has 0 aliphatic carbocycles. The largest absolute Gasteiger partial charge is 0.396 e. The molecule has 0 aliphatic heterocycles. The Labute approximate surface area is 90.1 Å². The van der Waals surface area contributed by atoms with E-state index in [1.54, 1.807) is 18.2 Å². The molecule has 0 spiro atoms. The summed E-state index contributed by atoms with van der Waals surface area (Å²) in [6, 6.07) is 8.99. The van der Waals surface area contributed by atoms with Crippen LogP contribution in [0.4, 0.5) is 0 Å². The monoisotopic (exact) mass is 204 g/mol. The Kier molecular flexibility index (Phi) is 3.46. The minimum atomic E-state index is -0.381. The summed E-state index contributed by atoms with van der Waals surface area (Å²) in [7, 11) is 0. The minimum absolute atomic E-state index is 0.0188. The van der Waals surface area contributed by atoms with Crippen molar-refractivity contribution in [3.05, 3.63) is 35.4 Å². The summed E-state index contributed by atoms with van der Waals surface area (Å²) < 4.78 is 0. The molecule has 3 nitrogen and oxygen atoms in total. The molecule has 0 saturated carbocycles. The molecule has 0 radical (unpaired) electrons. The summed E-state index contributed by atoms with van der Waals surface area (Å²) in [6.07, 6.45) is 0. The Balaban J connectivity index is 3.02. The van der Waals surface area contributed by atoms with E-state index in [4.69, 9.17) is 11.0 Å². The third kappa shape index (κ3) is 2.56. The van der Waals surface area contributed by atoms with Crippen molar-refractivity contribution in [1.29, 1.82) is 5.26 Å². The van der Waals surface area contributed by atoms with Crippen LogP contribution in [0.1, 0.15) is 31.0 Å². The molecule has 1 rings (SSSR count). The van der Waals surface area contributed by atoms with Gasteiger partial charge in [0.1, 0.15) is 0 Å². The molecule has 0 amide bonds. The maximum absolute atomic E-state index is 9.21. The lowest BCUT2D eigenvalue weighted by Crippen LogP contribution is -2.32. The van der Waals surface area contributed by atoms with Crippen LogP contribution in [0.3, 0.4) is 0 Å². The average Bonchev–Trinajstić information content (AvgIpc) is 2.28. The van der Waals surface area contributed by atoms with E-state index in [0.29, 0.717) is 5.56 Å². The molecule has 0 bridgehead atoms. The zero-order valence-corrected chi connectivity index (χ0v) is 9.07. The predicted octanol–water partition coefficient (Wildman–Crippen LogP) is 1.58. The second-order valence-corrected chi connectivity index (χ2v) is 4.36. The first-order valence-electron chi connectivity index (χ1n) is 4.88. The normalized spacial score (nSPS) is 13.3. The highest BCUT2D eigenvalue weighted by Gasteiger charge is 2.26. The summed E-state index contributed by atoms with van der Waals surface area (Å²) in [5.74, 6) is 0. The molecule has 15 heavy (non-hydrogen) atoms. The molecule has 3 N–H and O–H groups in total. The fourth-order valence-electron chi connectivity index (χ4n) is 1.35. The smallest absolute Gasteiger partial charge is 0.0991 e. The first kappa shape index (κ1) is 11.7. The zero-order valence-electron chi connectivity index (χ0n) is 9.07. The van der Waals surface area contributed by atoms with Gasteiger partial charge in [-0.2, -0.15) is 5.26 Å². The molecule has 0 aliphatic rings. The summed E-state index contributed by atoms with van der Waals surface area (Å²) >= 11 is 0. The molecule has 3 heteroatoms. The van der Waals surface area contributed by atoms with Crippen molar-refractivity contribution >= 4 is 0 Å². The highest BCUT2D eigenvalue weighted by Crippen LogP contribution is 2.30. The minimum Gasteiger partial charge on any atom is -0.396 e. The van der Waals surface area contributed by atoms with Gasteiger partial charge in [-0.05, 0) is 17.7 Å². The molecule has 0 aromatic heterocycles. The summed E-state index contributed by atoms with van der Waals surface area (Å²) in [4.78, 5) is 0. The number of hydrogen-bond acceptors (Lipinski definition) is 3. The number of hydrogen-bond donors (Lipinski definition) is 2. The van der Waals surface area contributed by atoms with Gasteiger partial charge in [-0.25, -0.2) is 0 Å². The van der Waals surface area contributed by atoms with Gasteiger partial charge in [-0.15, -0.1) is 0 Å². The van der Waals surface area contributed by atoms with Gasteiger partial charge >= 0.3 is 0 Å². The molecule has 0 heterocycles. The molecule has 0 unspecified atom stereocenters. The number of nitrogens with two attached hydrogens (primary N) is 1. The topological polar surface area (TPSA) is 70.0 Å². The lowest BCUT2D eigenvalue weighted by Gasteiger charge is -2.29. The maximum Gasteiger partial charge on any atom is 0.0991 e. The Morgan fingerprint density at radius 1 is 1.53 bits per heavy atom. The predicted molar refractivity (Wildman–Crippen MR) is 59.0 cm³/mol. The lowest BCUT2D eigenvalue weighted by atomic mass is 9.81. The van der Waals surface area contributed by atoms with Crippen molar-refractivity contribution in [3.63, 3.8) is 0 Å². The van der Waals surface area contributed by atoms with Gasteiger partial charge in [0.15, 0.2) is 0 Å². The van der Waals surface area contributed by atoms with Crippen LogP contribution in [0.25, 0.3) is 0 Å². The van der Waals surface area contributed by atoms with E-state index in [9.17, 15) is 5.11 Å². The van der Waals surface area contributed by atoms with Gasteiger partial charge < -0.3 is 10.8 Å². The Morgan fingerprint density at radius 2 is 2.20 bits per heavy atom. The first-order valence-corrected chi connectivity index (χ1v) is 4.88. The number of nitriles is 1. The van der Waals surface area contributed by atoms with Gasteiger partial charge in [-0.1, -0.05) is 26.0 Å². The van der Waals surface area contributed by atoms with E-state index in [2.05, 4.69) is 6.07 Å². The van der Waals surface area contributed by atoms with E-state index in [0.717, 1.165) is 5.56 Å². The van der Waals surface area contributed by atoms with Crippen LogP contribution < -0.4 is 5.73 Å². The molecule has 1 aromatic rings. The summed E-state index contributed by atoms with van der Waals surface area (Å²) in [5, 5.41) is 18.0. The van der Waals surface area contributed by atoms with Gasteiger partial charge in [0.05, 0.1) is 11.6 Å². The number of aliphatic hydroxyl groups excluding tert-OH is 1. The molecule has 0 fully saturated rings. The van der Waals surface area contributed by atoms with Gasteiger partial charge in [0.2, 0.25) is 0 Å². The van der Waals surface area contributed by atoms with Crippen LogP contribution in [0, 0.1) is 16.7 Å². The quantitative estimate of drug-likeness (QED) is 0.785. The number of aliphatic hydroxyl groups is 1. The van der Waals surface area contributed by atoms with Crippen molar-refractivity contribution in [3.8, 4) is 6.07 Å². The second-order valence-electron chi connectivity index (χ2n) is 4.36. The van der Waals surface area contributed by atoms with Crippen molar-refractivity contribution in [2.75, 3.05) is 6.61 Å². The SMILES string of the molecule is CC(C)(CO)[C@@H](N)c1cccc(C#N)c1. The lowest BCUT2D eigenvalue weighted by molar-refractivity contribution is 0.132. The van der Waals surface area contributed by atoms with E-state index < -0.39 is 0 Å². The molecule has 80 valence electrons. The average molecular weight is 204 g/mol. The van der Waals surface area contributed by atoms with Crippen LogP contribution in [-0.4, -0.2) is 11.7 Å². The van der Waals surface area contributed by atoms with Crippen molar-refractivity contribution in [2.45, 2.75) is 19.9 Å². The third-order valence-corrected chi connectivity index (χ3v) is 2.62. The summed E-state index contributed by atoms with van der Waals surface area (Å²) in [5.41, 5.74) is 7.13. The van der Waals surface area contributed by atoms with Crippen molar-refractivity contribution in [2.24, 2.45) is 11.1 Å². The van der Waals surface area contributed by atoms with Gasteiger partial charge in [-0.3, -0.25) is 0 Å². The number of rotatable bonds is 3. The van der Waals surface area contributed by atoms with Crippen molar-refractivity contribution < 1.29 is 5.11 Å². The highest BCUT2D eigenvalue weighted by molar-refractivity contribution is 5.34. The standard InChI is InChI=1S/C12H16N2O/c1-12(2,8-15)11(14)10-5-3-4-9(6-10)7-13/h3-6,11,15H,8,14H2,1-2H3/t11-/m0/s1. The Hall–Kier alpha value is -1.37. The molecule has 1 aromatic carbocycles. The van der Waals surface area contributed by atoms with E-state index in [1.165, 1.54) is 0 Å². The number of nitrogens with zero attached hydrogens (tertiary/aromatic N) is 1. The highest BCUT2D eigenvalue weighted by atomic mass is 16.3. The van der Waals surface area contributed by atoms with Crippen LogP contribution in [-0.2, 0) is 0 Å². The zero-order chi connectivity index (χ0) is 11.5. The Bertz CT molecular complexity index is 379. The first-order chi connectivity index (χ1) is 7.01. The molecule has 0 saturated heterocycles. The summed E-state index contributed by atoms with van der Waals surface area (Å²) in [6.45, 7) is 3.82. The fraction of sp³-hybridized carbons (Fsp3) is 0.417. The van der Waals surface area contributed by atoms with Crippen LogP contribution in [0.15, 0.2) is 24.3 Å². The van der Waals surface area contributed by atoms with E-state index >= 15 is 0 Å². The molecular formula is C12H16N2O. The molecule has 1 atom stereocenters. The van der Waals surface area contributed by atoms with Crippen LogP contribution in [0.2, 0.25) is 0 Å². The third-order valence-electron chi connectivity index (χ3n) is 2.62. The molecular weight excluding hydrogens is 188 g/mol. The fourth-order valence-corrected chi connectivity index (χ4v) is 1.35. The number of benzene rings is 1.